The van der Waals surface area contributed by atoms with Crippen LogP contribution in [0.1, 0.15) is 26.3 Å². The number of hydrogen-bond acceptors (Lipinski definition) is 5. The van der Waals surface area contributed by atoms with Gasteiger partial charge in [-0.05, 0) is 30.2 Å². The maximum atomic E-state index is 12.4. The minimum atomic E-state index is -3.22. The Balaban J connectivity index is 1.55. The van der Waals surface area contributed by atoms with Crippen molar-refractivity contribution in [3.8, 4) is 0 Å². The number of nitrogens with one attached hydrogen (secondary N) is 2. The van der Waals surface area contributed by atoms with Gasteiger partial charge >= 0.3 is 5.97 Å². The van der Waals surface area contributed by atoms with E-state index in [1.165, 1.54) is 0 Å². The molecule has 146 valence electrons. The Labute approximate surface area is 162 Å². The number of H-pyrrole nitrogens is 1. The Morgan fingerprint density at radius 3 is 2.50 bits per heavy atom. The van der Waals surface area contributed by atoms with Crippen LogP contribution < -0.4 is 4.72 Å². The number of esters is 1. The second-order valence-electron chi connectivity index (χ2n) is 6.36. The molecular formula is C20H20N2O5S. The molecule has 0 fully saturated rings. The number of para-hydroxylation sites is 1. The van der Waals surface area contributed by atoms with Crippen LogP contribution >= 0.6 is 0 Å². The number of aromatic amines is 1. The lowest BCUT2D eigenvalue weighted by atomic mass is 10.1. The quantitative estimate of drug-likeness (QED) is 0.446. The lowest BCUT2D eigenvalue weighted by Gasteiger charge is -2.06. The molecule has 0 amide bonds. The van der Waals surface area contributed by atoms with Gasteiger partial charge in [0.25, 0.3) is 0 Å². The van der Waals surface area contributed by atoms with Gasteiger partial charge < -0.3 is 9.72 Å². The highest BCUT2D eigenvalue weighted by atomic mass is 32.2. The predicted octanol–water partition coefficient (Wildman–Crippen LogP) is 2.30. The lowest BCUT2D eigenvalue weighted by Crippen LogP contribution is -2.24. The zero-order valence-electron chi connectivity index (χ0n) is 15.3. The molecule has 0 aliphatic carbocycles. The number of sulfonamides is 1. The topological polar surface area (TPSA) is 105 Å². The number of aromatic nitrogens is 1. The van der Waals surface area contributed by atoms with Gasteiger partial charge in [0.15, 0.2) is 6.61 Å². The maximum Gasteiger partial charge on any atom is 0.338 e. The zero-order chi connectivity index (χ0) is 20.1. The number of Topliss-reactive ketones (excluding diaryl/α,β-unsaturated/α-hetero) is 1. The maximum absolute atomic E-state index is 12.4. The van der Waals surface area contributed by atoms with Crippen molar-refractivity contribution in [2.45, 2.75) is 6.42 Å². The Hall–Kier alpha value is -2.97. The molecule has 28 heavy (non-hydrogen) atoms. The fourth-order valence-corrected chi connectivity index (χ4v) is 3.26. The third-order valence-electron chi connectivity index (χ3n) is 4.19. The molecule has 0 radical (unpaired) electrons. The van der Waals surface area contributed by atoms with Crippen LogP contribution in [0.5, 0.6) is 0 Å². The number of carbonyl (C=O) groups excluding carboxylic acids is 2. The Morgan fingerprint density at radius 2 is 1.79 bits per heavy atom. The normalized spacial score (nSPS) is 11.5. The minimum Gasteiger partial charge on any atom is -0.454 e. The van der Waals surface area contributed by atoms with E-state index in [9.17, 15) is 18.0 Å². The molecular weight excluding hydrogens is 380 g/mol. The molecule has 2 N–H and O–H groups in total. The SMILES string of the molecule is CS(=O)(=O)NCCc1ccc(C(=O)OCC(=O)c2c[nH]c3ccccc23)cc1. The first kappa shape index (κ1) is 19.8. The number of ether oxygens (including phenoxy) is 1. The predicted molar refractivity (Wildman–Crippen MR) is 106 cm³/mol. The summed E-state index contributed by atoms with van der Waals surface area (Å²) in [5.74, 6) is -0.872. The van der Waals surface area contributed by atoms with E-state index in [2.05, 4.69) is 9.71 Å². The van der Waals surface area contributed by atoms with Crippen LogP contribution in [0, 0.1) is 0 Å². The van der Waals surface area contributed by atoms with Crippen molar-refractivity contribution >= 4 is 32.7 Å². The number of rotatable bonds is 8. The van der Waals surface area contributed by atoms with E-state index in [4.69, 9.17) is 4.74 Å². The Bertz CT molecular complexity index is 1100. The molecule has 0 saturated carbocycles. The molecule has 0 bridgehead atoms. The van der Waals surface area contributed by atoms with Gasteiger partial charge in [0.1, 0.15) is 0 Å². The van der Waals surface area contributed by atoms with Gasteiger partial charge in [0.05, 0.1) is 11.8 Å². The third-order valence-corrected chi connectivity index (χ3v) is 4.92. The number of hydrogen-bond donors (Lipinski definition) is 2. The van der Waals surface area contributed by atoms with Crippen molar-refractivity contribution in [2.24, 2.45) is 0 Å². The van der Waals surface area contributed by atoms with Crippen LogP contribution in [0.15, 0.2) is 54.7 Å². The van der Waals surface area contributed by atoms with Gasteiger partial charge in [-0.3, -0.25) is 4.79 Å². The van der Waals surface area contributed by atoms with Crippen LogP contribution in [0.25, 0.3) is 10.9 Å². The summed E-state index contributed by atoms with van der Waals surface area (Å²) in [6.07, 6.45) is 3.21. The highest BCUT2D eigenvalue weighted by molar-refractivity contribution is 7.88. The van der Waals surface area contributed by atoms with Crippen molar-refractivity contribution in [1.29, 1.82) is 0 Å². The summed E-state index contributed by atoms with van der Waals surface area (Å²) in [4.78, 5) is 27.5. The summed E-state index contributed by atoms with van der Waals surface area (Å²) in [6.45, 7) is -0.0670. The van der Waals surface area contributed by atoms with E-state index >= 15 is 0 Å². The van der Waals surface area contributed by atoms with Crippen LogP contribution in [-0.2, 0) is 21.2 Å². The monoisotopic (exact) mass is 400 g/mol. The molecule has 0 aliphatic heterocycles. The van der Waals surface area contributed by atoms with E-state index in [1.54, 1.807) is 30.5 Å². The molecule has 8 heteroatoms. The first-order valence-corrected chi connectivity index (χ1v) is 10.5. The molecule has 0 aliphatic rings. The van der Waals surface area contributed by atoms with E-state index in [0.717, 1.165) is 22.7 Å². The lowest BCUT2D eigenvalue weighted by molar-refractivity contribution is 0.0475. The van der Waals surface area contributed by atoms with E-state index in [-0.39, 0.29) is 18.9 Å². The third kappa shape index (κ3) is 5.05. The van der Waals surface area contributed by atoms with Crippen molar-refractivity contribution in [2.75, 3.05) is 19.4 Å². The Morgan fingerprint density at radius 1 is 1.07 bits per heavy atom. The zero-order valence-corrected chi connectivity index (χ0v) is 16.1. The second kappa shape index (κ2) is 8.37. The van der Waals surface area contributed by atoms with Crippen LogP contribution in [0.4, 0.5) is 0 Å². The van der Waals surface area contributed by atoms with Gasteiger partial charge in [-0.2, -0.15) is 0 Å². The summed E-state index contributed by atoms with van der Waals surface area (Å²) in [5.41, 5.74) is 2.53. The fraction of sp³-hybridized carbons (Fsp3) is 0.200. The summed E-state index contributed by atoms with van der Waals surface area (Å²) in [5, 5.41) is 0.788. The largest absolute Gasteiger partial charge is 0.454 e. The summed E-state index contributed by atoms with van der Waals surface area (Å²) >= 11 is 0. The first-order chi connectivity index (χ1) is 13.3. The molecule has 1 aromatic heterocycles. The van der Waals surface area contributed by atoms with Crippen molar-refractivity contribution in [3.05, 3.63) is 71.4 Å². The molecule has 0 unspecified atom stereocenters. The van der Waals surface area contributed by atoms with Gasteiger partial charge in [0.2, 0.25) is 15.8 Å². The van der Waals surface area contributed by atoms with Crippen molar-refractivity contribution < 1.29 is 22.7 Å². The average Bonchev–Trinajstić information content (AvgIpc) is 3.09. The second-order valence-corrected chi connectivity index (χ2v) is 8.19. The standard InChI is InChI=1S/C20H20N2O5S/c1-28(25,26)22-11-10-14-6-8-15(9-7-14)20(24)27-13-19(23)17-12-21-18-5-3-2-4-16(17)18/h2-9,12,21-22H,10-11,13H2,1H3. The molecule has 3 aromatic rings. The number of ketones is 1. The molecule has 7 nitrogen and oxygen atoms in total. The van der Waals surface area contributed by atoms with Crippen LogP contribution in [0.3, 0.4) is 0 Å². The van der Waals surface area contributed by atoms with Crippen molar-refractivity contribution in [3.63, 3.8) is 0 Å². The minimum absolute atomic E-state index is 0.280. The average molecular weight is 400 g/mol. The smallest absolute Gasteiger partial charge is 0.338 e. The number of carbonyl (C=O) groups is 2. The van der Waals surface area contributed by atoms with Crippen molar-refractivity contribution in [1.82, 2.24) is 9.71 Å². The van der Waals surface area contributed by atoms with E-state index < -0.39 is 16.0 Å². The van der Waals surface area contributed by atoms with Gasteiger partial charge in [-0.25, -0.2) is 17.9 Å². The van der Waals surface area contributed by atoms with Crippen LogP contribution in [-0.4, -0.2) is 44.6 Å². The van der Waals surface area contributed by atoms with Gasteiger partial charge in [0, 0.05) is 29.2 Å². The molecule has 0 atom stereocenters. The fourth-order valence-electron chi connectivity index (χ4n) is 2.78. The molecule has 0 saturated heterocycles. The number of benzene rings is 2. The summed E-state index contributed by atoms with van der Waals surface area (Å²) in [7, 11) is -3.22. The molecule has 1 heterocycles. The summed E-state index contributed by atoms with van der Waals surface area (Å²) in [6, 6.07) is 14.0. The molecule has 3 rings (SSSR count). The van der Waals surface area contributed by atoms with E-state index in [1.807, 2.05) is 24.3 Å². The van der Waals surface area contributed by atoms with Gasteiger partial charge in [-0.1, -0.05) is 30.3 Å². The summed E-state index contributed by atoms with van der Waals surface area (Å²) < 4.78 is 29.6. The highest BCUT2D eigenvalue weighted by Crippen LogP contribution is 2.18. The Kier molecular flexibility index (Phi) is 5.91. The molecule has 0 spiro atoms. The first-order valence-electron chi connectivity index (χ1n) is 8.63. The number of fused-ring (bicyclic) bond motifs is 1. The van der Waals surface area contributed by atoms with Gasteiger partial charge in [-0.15, -0.1) is 0 Å². The molecule has 2 aromatic carbocycles. The highest BCUT2D eigenvalue weighted by Gasteiger charge is 2.15. The van der Waals surface area contributed by atoms with Crippen LogP contribution in [0.2, 0.25) is 0 Å². The van der Waals surface area contributed by atoms with E-state index in [0.29, 0.717) is 17.5 Å².